The molecule has 1 fully saturated rings. The van der Waals surface area contributed by atoms with Crippen LogP contribution in [0.25, 0.3) is 0 Å². The van der Waals surface area contributed by atoms with Gasteiger partial charge in [0, 0.05) is 0 Å². The Balaban J connectivity index is 2.60. The highest BCUT2D eigenvalue weighted by molar-refractivity contribution is 4.88. The molecule has 78 valence electrons. The molecular formula is C11H23NO. The molecule has 1 rings (SSSR count). The maximum Gasteiger partial charge on any atom is 0.0576 e. The first-order valence-corrected chi connectivity index (χ1v) is 5.35. The Kier molecular flexibility index (Phi) is 3.36. The highest BCUT2D eigenvalue weighted by Crippen LogP contribution is 2.39. The van der Waals surface area contributed by atoms with Gasteiger partial charge in [-0.1, -0.05) is 27.2 Å². The molecule has 0 bridgehead atoms. The average molecular weight is 185 g/mol. The van der Waals surface area contributed by atoms with E-state index in [4.69, 9.17) is 5.73 Å². The molecule has 0 radical (unpaired) electrons. The lowest BCUT2D eigenvalue weighted by Gasteiger charge is -2.41. The molecule has 0 spiro atoms. The van der Waals surface area contributed by atoms with Crippen LogP contribution in [0.2, 0.25) is 0 Å². The topological polar surface area (TPSA) is 46.2 Å². The van der Waals surface area contributed by atoms with E-state index in [0.29, 0.717) is 18.4 Å². The van der Waals surface area contributed by atoms with Crippen molar-refractivity contribution in [1.29, 1.82) is 0 Å². The van der Waals surface area contributed by atoms with Gasteiger partial charge >= 0.3 is 0 Å². The highest BCUT2D eigenvalue weighted by Gasteiger charge is 2.37. The highest BCUT2D eigenvalue weighted by atomic mass is 16.3. The standard InChI is InChI=1S/C11H23NO/c1-8-4-5-9(10(13)6-8)11(2,3)7-12/h8-10,13H,4-7,12H2,1-3H3/t8-,9?,10?/m1/s1. The Labute approximate surface area is 81.5 Å². The van der Waals surface area contributed by atoms with E-state index >= 15 is 0 Å². The minimum Gasteiger partial charge on any atom is -0.393 e. The zero-order valence-electron chi connectivity index (χ0n) is 9.09. The molecule has 0 aromatic heterocycles. The van der Waals surface area contributed by atoms with Crippen molar-refractivity contribution in [1.82, 2.24) is 0 Å². The van der Waals surface area contributed by atoms with Crippen molar-refractivity contribution < 1.29 is 5.11 Å². The summed E-state index contributed by atoms with van der Waals surface area (Å²) in [5.74, 6) is 1.08. The fourth-order valence-corrected chi connectivity index (χ4v) is 2.41. The SMILES string of the molecule is C[C@@H]1CCC(C(C)(C)CN)C(O)C1. The van der Waals surface area contributed by atoms with E-state index in [0.717, 1.165) is 12.8 Å². The van der Waals surface area contributed by atoms with Crippen molar-refractivity contribution in [2.75, 3.05) is 6.54 Å². The van der Waals surface area contributed by atoms with Gasteiger partial charge < -0.3 is 10.8 Å². The van der Waals surface area contributed by atoms with E-state index in [1.807, 2.05) is 0 Å². The molecule has 13 heavy (non-hydrogen) atoms. The Morgan fingerprint density at radius 3 is 2.46 bits per heavy atom. The van der Waals surface area contributed by atoms with E-state index in [2.05, 4.69) is 20.8 Å². The molecule has 0 aromatic carbocycles. The molecule has 2 heteroatoms. The van der Waals surface area contributed by atoms with Crippen LogP contribution in [0.5, 0.6) is 0 Å². The van der Waals surface area contributed by atoms with Crippen LogP contribution in [0.1, 0.15) is 40.0 Å². The predicted molar refractivity (Wildman–Crippen MR) is 55.3 cm³/mol. The summed E-state index contributed by atoms with van der Waals surface area (Å²) in [5, 5.41) is 9.95. The first kappa shape index (κ1) is 11.0. The first-order chi connectivity index (χ1) is 5.97. The molecule has 0 amide bonds. The van der Waals surface area contributed by atoms with Gasteiger partial charge in [0.15, 0.2) is 0 Å². The Hall–Kier alpha value is -0.0800. The van der Waals surface area contributed by atoms with Crippen molar-refractivity contribution >= 4 is 0 Å². The summed E-state index contributed by atoms with van der Waals surface area (Å²) in [6.45, 7) is 7.21. The zero-order valence-corrected chi connectivity index (χ0v) is 9.09. The fourth-order valence-electron chi connectivity index (χ4n) is 2.41. The third-order valence-corrected chi connectivity index (χ3v) is 3.61. The number of aliphatic hydroxyl groups excluding tert-OH is 1. The Bertz CT molecular complexity index is 167. The first-order valence-electron chi connectivity index (χ1n) is 5.35. The Morgan fingerprint density at radius 1 is 1.38 bits per heavy atom. The maximum atomic E-state index is 9.95. The third-order valence-electron chi connectivity index (χ3n) is 3.61. The van der Waals surface area contributed by atoms with Gasteiger partial charge in [-0.05, 0) is 36.6 Å². The molecule has 1 aliphatic carbocycles. The van der Waals surface area contributed by atoms with Crippen LogP contribution >= 0.6 is 0 Å². The minimum atomic E-state index is -0.137. The molecule has 1 saturated carbocycles. The summed E-state index contributed by atoms with van der Waals surface area (Å²) >= 11 is 0. The molecule has 0 aliphatic heterocycles. The molecule has 0 aromatic rings. The molecule has 0 saturated heterocycles. The summed E-state index contributed by atoms with van der Waals surface area (Å²) < 4.78 is 0. The van der Waals surface area contributed by atoms with Gasteiger partial charge in [-0.2, -0.15) is 0 Å². The summed E-state index contributed by atoms with van der Waals surface area (Å²) in [4.78, 5) is 0. The van der Waals surface area contributed by atoms with E-state index in [-0.39, 0.29) is 11.5 Å². The maximum absolute atomic E-state index is 9.95. The summed E-state index contributed by atoms with van der Waals surface area (Å²) in [7, 11) is 0. The third kappa shape index (κ3) is 2.44. The molecule has 0 heterocycles. The molecule has 2 nitrogen and oxygen atoms in total. The number of rotatable bonds is 2. The van der Waals surface area contributed by atoms with E-state index in [1.54, 1.807) is 0 Å². The Morgan fingerprint density at radius 2 is 2.00 bits per heavy atom. The zero-order chi connectivity index (χ0) is 10.1. The molecule has 3 N–H and O–H groups in total. The lowest BCUT2D eigenvalue weighted by atomic mass is 9.67. The molecular weight excluding hydrogens is 162 g/mol. The van der Waals surface area contributed by atoms with Gasteiger partial charge in [-0.3, -0.25) is 0 Å². The summed E-state index contributed by atoms with van der Waals surface area (Å²) in [6, 6.07) is 0. The average Bonchev–Trinajstić information content (AvgIpc) is 2.03. The van der Waals surface area contributed by atoms with Crippen LogP contribution in [0.4, 0.5) is 0 Å². The minimum absolute atomic E-state index is 0.0968. The summed E-state index contributed by atoms with van der Waals surface area (Å²) in [5.41, 5.74) is 5.82. The van der Waals surface area contributed by atoms with Crippen molar-refractivity contribution in [3.8, 4) is 0 Å². The number of aliphatic hydroxyl groups is 1. The van der Waals surface area contributed by atoms with E-state index in [1.165, 1.54) is 6.42 Å². The number of hydrogen-bond donors (Lipinski definition) is 2. The molecule has 2 unspecified atom stereocenters. The van der Waals surface area contributed by atoms with Gasteiger partial charge in [-0.25, -0.2) is 0 Å². The van der Waals surface area contributed by atoms with Crippen LogP contribution in [0, 0.1) is 17.3 Å². The quantitative estimate of drug-likeness (QED) is 0.688. The summed E-state index contributed by atoms with van der Waals surface area (Å²) in [6.07, 6.45) is 3.19. The second-order valence-electron chi connectivity index (χ2n) is 5.28. The van der Waals surface area contributed by atoms with Crippen molar-refractivity contribution in [2.45, 2.75) is 46.1 Å². The van der Waals surface area contributed by atoms with Gasteiger partial charge in [-0.15, -0.1) is 0 Å². The molecule has 3 atom stereocenters. The number of hydrogen-bond acceptors (Lipinski definition) is 2. The van der Waals surface area contributed by atoms with Crippen LogP contribution < -0.4 is 5.73 Å². The lowest BCUT2D eigenvalue weighted by molar-refractivity contribution is -0.00916. The van der Waals surface area contributed by atoms with E-state index < -0.39 is 0 Å². The largest absolute Gasteiger partial charge is 0.393 e. The predicted octanol–water partition coefficient (Wildman–Crippen LogP) is 1.77. The van der Waals surface area contributed by atoms with Crippen LogP contribution in [-0.4, -0.2) is 17.8 Å². The van der Waals surface area contributed by atoms with Crippen molar-refractivity contribution in [2.24, 2.45) is 23.0 Å². The van der Waals surface area contributed by atoms with Gasteiger partial charge in [0.1, 0.15) is 0 Å². The van der Waals surface area contributed by atoms with Crippen LogP contribution in [-0.2, 0) is 0 Å². The van der Waals surface area contributed by atoms with Gasteiger partial charge in [0.2, 0.25) is 0 Å². The number of nitrogens with two attached hydrogens (primary N) is 1. The normalized spacial score (nSPS) is 36.2. The van der Waals surface area contributed by atoms with Gasteiger partial charge in [0.25, 0.3) is 0 Å². The van der Waals surface area contributed by atoms with Crippen molar-refractivity contribution in [3.63, 3.8) is 0 Å². The van der Waals surface area contributed by atoms with Crippen molar-refractivity contribution in [3.05, 3.63) is 0 Å². The van der Waals surface area contributed by atoms with Gasteiger partial charge in [0.05, 0.1) is 6.10 Å². The smallest absolute Gasteiger partial charge is 0.0576 e. The van der Waals surface area contributed by atoms with Crippen LogP contribution in [0.15, 0.2) is 0 Å². The second kappa shape index (κ2) is 3.97. The van der Waals surface area contributed by atoms with E-state index in [9.17, 15) is 5.11 Å². The van der Waals surface area contributed by atoms with Crippen LogP contribution in [0.3, 0.4) is 0 Å². The lowest BCUT2D eigenvalue weighted by Crippen LogP contribution is -2.42. The second-order valence-corrected chi connectivity index (χ2v) is 5.28. The molecule has 1 aliphatic rings. The fraction of sp³-hybridized carbons (Fsp3) is 1.00. The monoisotopic (exact) mass is 185 g/mol.